The highest BCUT2D eigenvalue weighted by molar-refractivity contribution is 7.73. The fourth-order valence-electron chi connectivity index (χ4n) is 3.74. The van der Waals surface area contributed by atoms with Crippen LogP contribution in [0.3, 0.4) is 0 Å². The summed E-state index contributed by atoms with van der Waals surface area (Å²) in [5.41, 5.74) is 3.08. The summed E-state index contributed by atoms with van der Waals surface area (Å²) in [4.78, 5) is 31.7. The molecule has 2 aromatic carbocycles. The number of amides is 2. The van der Waals surface area contributed by atoms with E-state index in [9.17, 15) is 14.7 Å². The molecule has 154 valence electrons. The normalized spacial score (nSPS) is 18.9. The highest BCUT2D eigenvalue weighted by Gasteiger charge is 2.42. The van der Waals surface area contributed by atoms with Crippen molar-refractivity contribution in [1.82, 2.24) is 4.57 Å². The van der Waals surface area contributed by atoms with E-state index in [0.29, 0.717) is 19.5 Å². The summed E-state index contributed by atoms with van der Waals surface area (Å²) in [6.07, 6.45) is 3.43. The van der Waals surface area contributed by atoms with Crippen molar-refractivity contribution >= 4 is 76.2 Å². The smallest absolute Gasteiger partial charge is 0.257 e. The molecule has 5 rings (SSSR count). The first-order valence-corrected chi connectivity index (χ1v) is 11.0. The predicted octanol–water partition coefficient (Wildman–Crippen LogP) is 5.40. The zero-order valence-electron chi connectivity index (χ0n) is 15.9. The number of fused-ring (bicyclic) bond motifs is 1. The summed E-state index contributed by atoms with van der Waals surface area (Å²) < 4.78 is 1.68. The van der Waals surface area contributed by atoms with Crippen LogP contribution in [0.2, 0.25) is 5.02 Å². The topological polar surface area (TPSA) is 74.9 Å². The van der Waals surface area contributed by atoms with Gasteiger partial charge in [0.05, 0.1) is 22.7 Å². The average molecular weight is 468 g/mol. The molecule has 3 heterocycles. The van der Waals surface area contributed by atoms with Crippen molar-refractivity contribution in [2.45, 2.75) is 12.5 Å². The Kier molecular flexibility index (Phi) is 4.85. The largest absolute Gasteiger partial charge is 0.493 e. The van der Waals surface area contributed by atoms with Crippen LogP contribution in [0.25, 0.3) is 11.6 Å². The van der Waals surface area contributed by atoms with Crippen molar-refractivity contribution in [3.8, 4) is 5.88 Å². The molecule has 1 fully saturated rings. The van der Waals surface area contributed by atoms with Crippen molar-refractivity contribution in [2.75, 3.05) is 4.90 Å². The van der Waals surface area contributed by atoms with Crippen molar-refractivity contribution in [3.63, 3.8) is 0 Å². The number of anilines is 1. The van der Waals surface area contributed by atoms with Crippen LogP contribution in [0.4, 0.5) is 11.4 Å². The highest BCUT2D eigenvalue weighted by atomic mass is 35.5. The van der Waals surface area contributed by atoms with Gasteiger partial charge in [-0.3, -0.25) is 19.1 Å². The lowest BCUT2D eigenvalue weighted by molar-refractivity contribution is -0.122. The van der Waals surface area contributed by atoms with E-state index in [0.717, 1.165) is 21.7 Å². The van der Waals surface area contributed by atoms with Crippen molar-refractivity contribution in [2.24, 2.45) is 4.99 Å². The van der Waals surface area contributed by atoms with Gasteiger partial charge in [-0.25, -0.2) is 4.90 Å². The van der Waals surface area contributed by atoms with E-state index >= 15 is 0 Å². The standard InChI is InChI=1S/C22H14ClN3O3S2/c23-13-5-7-14(8-6-13)25-19(27)10-17(20(25)28)26-21(29)18(31-22(26)30)9-12-11-24-16-4-2-1-3-15(12)16/h1-9,11,17,29H,10H2. The summed E-state index contributed by atoms with van der Waals surface area (Å²) in [7, 11) is 0. The quantitative estimate of drug-likeness (QED) is 0.413. The maximum atomic E-state index is 13.1. The van der Waals surface area contributed by atoms with Gasteiger partial charge in [0, 0.05) is 22.4 Å². The molecule has 1 unspecified atom stereocenters. The molecule has 0 spiro atoms. The van der Waals surface area contributed by atoms with Gasteiger partial charge < -0.3 is 5.11 Å². The number of hydrogen-bond donors (Lipinski definition) is 1. The van der Waals surface area contributed by atoms with Gasteiger partial charge in [-0.15, -0.1) is 11.3 Å². The molecule has 1 N–H and O–H groups in total. The molecule has 0 aliphatic carbocycles. The van der Waals surface area contributed by atoms with Crippen LogP contribution in [0.1, 0.15) is 22.9 Å². The van der Waals surface area contributed by atoms with Gasteiger partial charge in [-0.05, 0) is 48.6 Å². The number of halogens is 1. The van der Waals surface area contributed by atoms with Crippen LogP contribution >= 0.6 is 35.2 Å². The molecular formula is C22H14ClN3O3S2. The van der Waals surface area contributed by atoms with Crippen molar-refractivity contribution in [3.05, 3.63) is 67.9 Å². The fourth-order valence-corrected chi connectivity index (χ4v) is 5.22. The summed E-state index contributed by atoms with van der Waals surface area (Å²) in [5, 5.41) is 11.4. The number of carbonyl (C=O) groups excluding carboxylic acids is 2. The average Bonchev–Trinajstić information content (AvgIpc) is 3.38. The summed E-state index contributed by atoms with van der Waals surface area (Å²) in [5.74, 6) is -0.936. The molecule has 1 aromatic heterocycles. The van der Waals surface area contributed by atoms with Gasteiger partial charge in [0.15, 0.2) is 3.95 Å². The van der Waals surface area contributed by atoms with Crippen LogP contribution in [0.5, 0.6) is 5.88 Å². The van der Waals surface area contributed by atoms with Crippen LogP contribution < -0.4 is 4.90 Å². The molecule has 31 heavy (non-hydrogen) atoms. The minimum Gasteiger partial charge on any atom is -0.493 e. The van der Waals surface area contributed by atoms with E-state index in [1.54, 1.807) is 36.6 Å². The molecule has 0 radical (unpaired) electrons. The molecule has 2 aliphatic rings. The number of carbonyl (C=O) groups is 2. The summed E-state index contributed by atoms with van der Waals surface area (Å²) in [6, 6.07) is 13.2. The van der Waals surface area contributed by atoms with Gasteiger partial charge in [0.25, 0.3) is 5.91 Å². The second-order valence-electron chi connectivity index (χ2n) is 7.06. The lowest BCUT2D eigenvalue weighted by Crippen LogP contribution is -2.31. The second-order valence-corrected chi connectivity index (χ2v) is 9.18. The first kappa shape index (κ1) is 19.9. The first-order valence-electron chi connectivity index (χ1n) is 9.36. The van der Waals surface area contributed by atoms with Gasteiger partial charge in [0.2, 0.25) is 11.8 Å². The Labute approximate surface area is 191 Å². The van der Waals surface area contributed by atoms with E-state index in [2.05, 4.69) is 4.99 Å². The number of benzene rings is 2. The van der Waals surface area contributed by atoms with Crippen LogP contribution in [-0.2, 0) is 9.59 Å². The van der Waals surface area contributed by atoms with E-state index < -0.39 is 11.9 Å². The zero-order valence-corrected chi connectivity index (χ0v) is 18.2. The summed E-state index contributed by atoms with van der Waals surface area (Å²) in [6.45, 7) is 0. The van der Waals surface area contributed by atoms with Crippen LogP contribution in [0.15, 0.2) is 53.5 Å². The Hall–Kier alpha value is -3.07. The number of nitrogens with zero attached hydrogens (tertiary/aromatic N) is 3. The van der Waals surface area contributed by atoms with E-state index in [-0.39, 0.29) is 18.2 Å². The number of hydrogen-bond acceptors (Lipinski definition) is 6. The van der Waals surface area contributed by atoms with E-state index in [4.69, 9.17) is 23.8 Å². The third-order valence-electron chi connectivity index (χ3n) is 5.21. The fraction of sp³-hybridized carbons (Fsp3) is 0.0909. The molecule has 2 aliphatic heterocycles. The SMILES string of the molecule is O=C1CC(n2c(O)c(C=C3C=Nc4ccccc43)sc2=S)C(=O)N1c1ccc(Cl)cc1. The van der Waals surface area contributed by atoms with Crippen molar-refractivity contribution < 1.29 is 14.7 Å². The maximum Gasteiger partial charge on any atom is 0.257 e. The Balaban J connectivity index is 1.51. The van der Waals surface area contributed by atoms with Gasteiger partial charge >= 0.3 is 0 Å². The third-order valence-corrected chi connectivity index (χ3v) is 6.80. The van der Waals surface area contributed by atoms with E-state index in [1.807, 2.05) is 24.3 Å². The van der Waals surface area contributed by atoms with Crippen molar-refractivity contribution in [1.29, 1.82) is 0 Å². The monoisotopic (exact) mass is 467 g/mol. The highest BCUT2D eigenvalue weighted by Crippen LogP contribution is 2.39. The molecule has 0 bridgehead atoms. The number of allylic oxidation sites excluding steroid dienone is 1. The number of imide groups is 1. The number of para-hydroxylation sites is 1. The Morgan fingerprint density at radius 1 is 1.16 bits per heavy atom. The number of rotatable bonds is 3. The molecule has 6 nitrogen and oxygen atoms in total. The Morgan fingerprint density at radius 3 is 2.68 bits per heavy atom. The molecular weight excluding hydrogens is 454 g/mol. The maximum absolute atomic E-state index is 13.1. The van der Waals surface area contributed by atoms with E-state index in [1.165, 1.54) is 15.9 Å². The number of aliphatic imine (C=N–C) groups is 1. The molecule has 3 aromatic rings. The predicted molar refractivity (Wildman–Crippen MR) is 125 cm³/mol. The molecule has 1 atom stereocenters. The van der Waals surface area contributed by atoms with Gasteiger partial charge in [-0.2, -0.15) is 0 Å². The number of aromatic hydroxyl groups is 1. The van der Waals surface area contributed by atoms with Crippen LogP contribution in [0, 0.1) is 3.95 Å². The molecule has 2 amide bonds. The lowest BCUT2D eigenvalue weighted by Gasteiger charge is -2.16. The minimum absolute atomic E-state index is 0.0830. The summed E-state index contributed by atoms with van der Waals surface area (Å²) >= 11 is 12.5. The van der Waals surface area contributed by atoms with Gasteiger partial charge in [0.1, 0.15) is 6.04 Å². The third kappa shape index (κ3) is 3.33. The molecule has 9 heteroatoms. The van der Waals surface area contributed by atoms with Crippen LogP contribution in [-0.4, -0.2) is 27.7 Å². The first-order chi connectivity index (χ1) is 14.9. The zero-order chi connectivity index (χ0) is 21.7. The second kappa shape index (κ2) is 7.56. The number of thiazole rings is 1. The Morgan fingerprint density at radius 2 is 1.90 bits per heavy atom. The van der Waals surface area contributed by atoms with Gasteiger partial charge in [-0.1, -0.05) is 29.8 Å². The Bertz CT molecular complexity index is 1360. The minimum atomic E-state index is -0.899. The lowest BCUT2D eigenvalue weighted by atomic mass is 10.1. The number of aromatic nitrogens is 1. The molecule has 1 saturated heterocycles. The molecule has 0 saturated carbocycles.